The highest BCUT2D eigenvalue weighted by Gasteiger charge is 2.14. The summed E-state index contributed by atoms with van der Waals surface area (Å²) in [6.07, 6.45) is 1.85. The molecule has 0 rings (SSSR count). The Morgan fingerprint density at radius 3 is 2.33 bits per heavy atom. The van der Waals surface area contributed by atoms with Crippen LogP contribution < -0.4 is 16.4 Å². The van der Waals surface area contributed by atoms with E-state index >= 15 is 0 Å². The number of rotatable bonds is 8. The molecule has 0 aromatic carbocycles. The fraction of sp³-hybridized carbons (Fsp3) is 0.846. The lowest BCUT2D eigenvalue weighted by Crippen LogP contribution is -2.43. The SMILES string of the molecule is CCC(C)NC(=O)CCNC(=O)[C@@H](N)CC(C)C. The number of amides is 2. The van der Waals surface area contributed by atoms with Gasteiger partial charge in [0.2, 0.25) is 11.8 Å². The van der Waals surface area contributed by atoms with E-state index in [0.29, 0.717) is 25.3 Å². The second-order valence-corrected chi connectivity index (χ2v) is 5.15. The van der Waals surface area contributed by atoms with Crippen molar-refractivity contribution in [3.63, 3.8) is 0 Å². The molecule has 2 amide bonds. The third kappa shape index (κ3) is 8.06. The van der Waals surface area contributed by atoms with Crippen molar-refractivity contribution in [2.45, 2.75) is 59.0 Å². The molecule has 0 aromatic rings. The molecule has 0 fully saturated rings. The first-order chi connectivity index (χ1) is 8.36. The van der Waals surface area contributed by atoms with Crippen molar-refractivity contribution in [3.05, 3.63) is 0 Å². The predicted octanol–water partition coefficient (Wildman–Crippen LogP) is 0.781. The van der Waals surface area contributed by atoms with E-state index in [1.165, 1.54) is 0 Å². The Kier molecular flexibility index (Phi) is 8.37. The van der Waals surface area contributed by atoms with Crippen LogP contribution in [0.5, 0.6) is 0 Å². The minimum absolute atomic E-state index is 0.0397. The summed E-state index contributed by atoms with van der Waals surface area (Å²) in [5, 5.41) is 5.53. The number of carbonyl (C=O) groups excluding carboxylic acids is 2. The lowest BCUT2D eigenvalue weighted by molar-refractivity contribution is -0.123. The van der Waals surface area contributed by atoms with Crippen LogP contribution in [-0.4, -0.2) is 30.4 Å². The lowest BCUT2D eigenvalue weighted by atomic mass is 10.0. The highest BCUT2D eigenvalue weighted by Crippen LogP contribution is 2.02. The Hall–Kier alpha value is -1.10. The molecule has 0 heterocycles. The zero-order valence-electron chi connectivity index (χ0n) is 12.0. The highest BCUT2D eigenvalue weighted by atomic mass is 16.2. The molecule has 0 spiro atoms. The number of hydrogen-bond donors (Lipinski definition) is 3. The molecule has 0 aliphatic carbocycles. The smallest absolute Gasteiger partial charge is 0.236 e. The number of hydrogen-bond acceptors (Lipinski definition) is 3. The summed E-state index contributed by atoms with van der Waals surface area (Å²) in [4.78, 5) is 23.0. The van der Waals surface area contributed by atoms with Gasteiger partial charge in [0.05, 0.1) is 6.04 Å². The Balaban J connectivity index is 3.77. The van der Waals surface area contributed by atoms with Crippen LogP contribution in [0.4, 0.5) is 0 Å². The van der Waals surface area contributed by atoms with Crippen molar-refractivity contribution in [1.29, 1.82) is 0 Å². The zero-order chi connectivity index (χ0) is 14.1. The monoisotopic (exact) mass is 257 g/mol. The molecule has 0 saturated heterocycles. The van der Waals surface area contributed by atoms with Crippen LogP contribution in [-0.2, 0) is 9.59 Å². The van der Waals surface area contributed by atoms with Crippen LogP contribution in [0.15, 0.2) is 0 Å². The average Bonchev–Trinajstić information content (AvgIpc) is 2.27. The van der Waals surface area contributed by atoms with Crippen LogP contribution in [0.2, 0.25) is 0 Å². The molecular formula is C13H27N3O2. The third-order valence-corrected chi connectivity index (χ3v) is 2.73. The van der Waals surface area contributed by atoms with E-state index in [1.54, 1.807) is 0 Å². The second kappa shape index (κ2) is 8.91. The normalized spacial score (nSPS) is 14.1. The van der Waals surface area contributed by atoms with Gasteiger partial charge in [0, 0.05) is 19.0 Å². The lowest BCUT2D eigenvalue weighted by Gasteiger charge is -2.15. The maximum absolute atomic E-state index is 11.6. The third-order valence-electron chi connectivity index (χ3n) is 2.73. The Bertz CT molecular complexity index is 267. The molecule has 0 saturated carbocycles. The minimum Gasteiger partial charge on any atom is -0.354 e. The summed E-state index contributed by atoms with van der Waals surface area (Å²) in [6.45, 7) is 8.35. The summed E-state index contributed by atoms with van der Waals surface area (Å²) < 4.78 is 0. The van der Waals surface area contributed by atoms with Gasteiger partial charge in [-0.3, -0.25) is 9.59 Å². The van der Waals surface area contributed by atoms with E-state index in [1.807, 2.05) is 27.7 Å². The van der Waals surface area contributed by atoms with Crippen LogP contribution >= 0.6 is 0 Å². The fourth-order valence-electron chi connectivity index (χ4n) is 1.49. The Morgan fingerprint density at radius 2 is 1.83 bits per heavy atom. The molecule has 2 atom stereocenters. The molecule has 5 heteroatoms. The molecule has 5 nitrogen and oxygen atoms in total. The highest BCUT2D eigenvalue weighted by molar-refractivity contribution is 5.82. The zero-order valence-corrected chi connectivity index (χ0v) is 12.0. The van der Waals surface area contributed by atoms with Crippen LogP contribution in [0.3, 0.4) is 0 Å². The molecule has 0 aliphatic rings. The van der Waals surface area contributed by atoms with Gasteiger partial charge < -0.3 is 16.4 Å². The standard InChI is InChI=1S/C13H27N3O2/c1-5-10(4)16-12(17)6-7-15-13(18)11(14)8-9(2)3/h9-11H,5-8,14H2,1-4H3,(H,15,18)(H,16,17)/t10?,11-/m0/s1. The topological polar surface area (TPSA) is 84.2 Å². The summed E-state index contributed by atoms with van der Waals surface area (Å²) >= 11 is 0. The summed E-state index contributed by atoms with van der Waals surface area (Å²) in [5.74, 6) is 0.168. The molecule has 0 bridgehead atoms. The maximum atomic E-state index is 11.6. The first-order valence-corrected chi connectivity index (χ1v) is 6.69. The van der Waals surface area contributed by atoms with E-state index in [9.17, 15) is 9.59 Å². The van der Waals surface area contributed by atoms with E-state index in [0.717, 1.165) is 6.42 Å². The summed E-state index contributed by atoms with van der Waals surface area (Å²) in [6, 6.07) is -0.306. The largest absolute Gasteiger partial charge is 0.354 e. The molecule has 4 N–H and O–H groups in total. The molecule has 106 valence electrons. The fourth-order valence-corrected chi connectivity index (χ4v) is 1.49. The van der Waals surface area contributed by atoms with Gasteiger partial charge in [0.15, 0.2) is 0 Å². The first-order valence-electron chi connectivity index (χ1n) is 6.69. The van der Waals surface area contributed by atoms with Gasteiger partial charge in [-0.1, -0.05) is 20.8 Å². The van der Waals surface area contributed by atoms with E-state index < -0.39 is 6.04 Å². The molecule has 0 aliphatic heterocycles. The van der Waals surface area contributed by atoms with Crippen molar-refractivity contribution in [2.24, 2.45) is 11.7 Å². The summed E-state index contributed by atoms with van der Waals surface area (Å²) in [5.41, 5.74) is 5.72. The quantitative estimate of drug-likeness (QED) is 0.601. The van der Waals surface area contributed by atoms with E-state index in [4.69, 9.17) is 5.73 Å². The van der Waals surface area contributed by atoms with Gasteiger partial charge in [0.1, 0.15) is 0 Å². The number of nitrogens with two attached hydrogens (primary N) is 1. The van der Waals surface area contributed by atoms with Crippen LogP contribution in [0, 0.1) is 5.92 Å². The van der Waals surface area contributed by atoms with Gasteiger partial charge in [-0.25, -0.2) is 0 Å². The molecule has 18 heavy (non-hydrogen) atoms. The van der Waals surface area contributed by atoms with Gasteiger partial charge in [-0.05, 0) is 25.7 Å². The number of carbonyl (C=O) groups is 2. The first kappa shape index (κ1) is 16.9. The molecule has 1 unspecified atom stereocenters. The van der Waals surface area contributed by atoms with Crippen molar-refractivity contribution in [2.75, 3.05) is 6.54 Å². The van der Waals surface area contributed by atoms with Crippen molar-refractivity contribution in [1.82, 2.24) is 10.6 Å². The van der Waals surface area contributed by atoms with E-state index in [-0.39, 0.29) is 17.9 Å². The van der Waals surface area contributed by atoms with Gasteiger partial charge in [-0.15, -0.1) is 0 Å². The summed E-state index contributed by atoms with van der Waals surface area (Å²) in [7, 11) is 0. The molecule has 0 aromatic heterocycles. The number of nitrogens with one attached hydrogen (secondary N) is 2. The van der Waals surface area contributed by atoms with Crippen LogP contribution in [0.25, 0.3) is 0 Å². The molecule has 0 radical (unpaired) electrons. The molecular weight excluding hydrogens is 230 g/mol. The maximum Gasteiger partial charge on any atom is 0.236 e. The van der Waals surface area contributed by atoms with Crippen molar-refractivity contribution < 1.29 is 9.59 Å². The van der Waals surface area contributed by atoms with Crippen molar-refractivity contribution in [3.8, 4) is 0 Å². The van der Waals surface area contributed by atoms with Gasteiger partial charge in [-0.2, -0.15) is 0 Å². The average molecular weight is 257 g/mol. The van der Waals surface area contributed by atoms with Gasteiger partial charge in [0.25, 0.3) is 0 Å². The Labute approximate surface area is 110 Å². The predicted molar refractivity (Wildman–Crippen MR) is 73.0 cm³/mol. The Morgan fingerprint density at radius 1 is 1.22 bits per heavy atom. The van der Waals surface area contributed by atoms with Crippen LogP contribution in [0.1, 0.15) is 47.0 Å². The minimum atomic E-state index is -0.484. The van der Waals surface area contributed by atoms with Crippen molar-refractivity contribution >= 4 is 11.8 Å². The van der Waals surface area contributed by atoms with Gasteiger partial charge >= 0.3 is 0 Å². The second-order valence-electron chi connectivity index (χ2n) is 5.15. The van der Waals surface area contributed by atoms with E-state index in [2.05, 4.69) is 10.6 Å².